The predicted molar refractivity (Wildman–Crippen MR) is 100 cm³/mol. The minimum absolute atomic E-state index is 0. The standard InChI is InChI=1S/C15H24N2O3.2BrH/c1-18-9-6-17(7-10-19-2)14-4-3-13-12-16-5-8-20-15(13)11-14;;/h3-4,11,16H,5-10,12H2,1-2H3;2*1H. The molecule has 0 unspecified atom stereocenters. The molecular weight excluding hydrogens is 416 g/mol. The molecule has 1 aromatic carbocycles. The lowest BCUT2D eigenvalue weighted by Gasteiger charge is -2.25. The van der Waals surface area contributed by atoms with Crippen molar-refractivity contribution in [1.82, 2.24) is 5.32 Å². The summed E-state index contributed by atoms with van der Waals surface area (Å²) in [5, 5.41) is 3.34. The molecule has 1 N–H and O–H groups in total. The monoisotopic (exact) mass is 440 g/mol. The molecule has 2 rings (SSSR count). The Morgan fingerprint density at radius 2 is 1.82 bits per heavy atom. The molecule has 22 heavy (non-hydrogen) atoms. The molecule has 0 aromatic heterocycles. The maximum absolute atomic E-state index is 5.80. The number of halogens is 2. The Kier molecular flexibility index (Phi) is 11.9. The maximum atomic E-state index is 5.80. The summed E-state index contributed by atoms with van der Waals surface area (Å²) in [4.78, 5) is 2.26. The molecule has 0 spiro atoms. The number of benzene rings is 1. The third kappa shape index (κ3) is 6.42. The van der Waals surface area contributed by atoms with Crippen LogP contribution in [0.1, 0.15) is 5.56 Å². The van der Waals surface area contributed by atoms with Crippen molar-refractivity contribution in [2.45, 2.75) is 6.54 Å². The Hall–Kier alpha value is -0.340. The van der Waals surface area contributed by atoms with Crippen LogP contribution in [-0.2, 0) is 16.0 Å². The Labute approximate surface area is 153 Å². The van der Waals surface area contributed by atoms with Crippen molar-refractivity contribution in [3.63, 3.8) is 0 Å². The largest absolute Gasteiger partial charge is 0.492 e. The van der Waals surface area contributed by atoms with Crippen molar-refractivity contribution >= 4 is 39.7 Å². The fourth-order valence-electron chi connectivity index (χ4n) is 2.25. The van der Waals surface area contributed by atoms with Crippen LogP contribution < -0.4 is 15.0 Å². The summed E-state index contributed by atoms with van der Waals surface area (Å²) in [6.45, 7) is 5.56. The van der Waals surface area contributed by atoms with Gasteiger partial charge in [-0.1, -0.05) is 6.07 Å². The molecule has 1 aromatic rings. The van der Waals surface area contributed by atoms with Gasteiger partial charge in [0.1, 0.15) is 12.4 Å². The van der Waals surface area contributed by atoms with Gasteiger partial charge in [-0.15, -0.1) is 34.0 Å². The second kappa shape index (κ2) is 12.1. The van der Waals surface area contributed by atoms with Gasteiger partial charge in [0.25, 0.3) is 0 Å². The van der Waals surface area contributed by atoms with E-state index < -0.39 is 0 Å². The molecule has 0 atom stereocenters. The Balaban J connectivity index is 0.00000220. The zero-order chi connectivity index (χ0) is 14.2. The average molecular weight is 442 g/mol. The molecule has 128 valence electrons. The first-order valence-electron chi connectivity index (χ1n) is 7.04. The number of hydrogen-bond acceptors (Lipinski definition) is 5. The molecule has 1 aliphatic heterocycles. The highest BCUT2D eigenvalue weighted by atomic mass is 79.9. The van der Waals surface area contributed by atoms with Gasteiger partial charge in [-0.05, 0) is 6.07 Å². The van der Waals surface area contributed by atoms with Gasteiger partial charge in [-0.3, -0.25) is 0 Å². The van der Waals surface area contributed by atoms with Crippen LogP contribution in [-0.4, -0.2) is 53.7 Å². The van der Waals surface area contributed by atoms with Crippen LogP contribution in [0.15, 0.2) is 18.2 Å². The van der Waals surface area contributed by atoms with E-state index in [1.54, 1.807) is 14.2 Å². The van der Waals surface area contributed by atoms with Crippen molar-refractivity contribution in [3.8, 4) is 5.75 Å². The van der Waals surface area contributed by atoms with Gasteiger partial charge >= 0.3 is 0 Å². The maximum Gasteiger partial charge on any atom is 0.125 e. The van der Waals surface area contributed by atoms with Crippen LogP contribution >= 0.6 is 34.0 Å². The molecule has 0 saturated carbocycles. The molecular formula is C15H26Br2N2O3. The van der Waals surface area contributed by atoms with Gasteiger partial charge in [-0.2, -0.15) is 0 Å². The van der Waals surface area contributed by atoms with E-state index in [1.807, 2.05) is 0 Å². The fourth-order valence-corrected chi connectivity index (χ4v) is 2.25. The van der Waals surface area contributed by atoms with E-state index in [1.165, 1.54) is 5.56 Å². The van der Waals surface area contributed by atoms with Crippen LogP contribution in [0.25, 0.3) is 0 Å². The smallest absolute Gasteiger partial charge is 0.125 e. The lowest BCUT2D eigenvalue weighted by molar-refractivity contribution is 0.190. The summed E-state index contributed by atoms with van der Waals surface area (Å²) < 4.78 is 16.2. The zero-order valence-electron chi connectivity index (χ0n) is 13.2. The van der Waals surface area contributed by atoms with E-state index in [-0.39, 0.29) is 34.0 Å². The van der Waals surface area contributed by atoms with Crippen molar-refractivity contribution in [3.05, 3.63) is 23.8 Å². The van der Waals surface area contributed by atoms with Crippen LogP contribution in [0.4, 0.5) is 5.69 Å². The topological polar surface area (TPSA) is 43.0 Å². The number of nitrogens with zero attached hydrogens (tertiary/aromatic N) is 1. The first kappa shape index (κ1) is 21.7. The van der Waals surface area contributed by atoms with Gasteiger partial charge in [0.15, 0.2) is 0 Å². The van der Waals surface area contributed by atoms with Gasteiger partial charge in [-0.25, -0.2) is 0 Å². The molecule has 7 heteroatoms. The van der Waals surface area contributed by atoms with Gasteiger partial charge in [0.05, 0.1) is 13.2 Å². The Morgan fingerprint density at radius 3 is 2.45 bits per heavy atom. The van der Waals surface area contributed by atoms with Crippen molar-refractivity contribution in [2.24, 2.45) is 0 Å². The number of hydrogen-bond donors (Lipinski definition) is 1. The van der Waals surface area contributed by atoms with E-state index in [4.69, 9.17) is 14.2 Å². The summed E-state index contributed by atoms with van der Waals surface area (Å²) in [6.07, 6.45) is 0. The summed E-state index contributed by atoms with van der Waals surface area (Å²) in [5.41, 5.74) is 2.37. The molecule has 0 bridgehead atoms. The summed E-state index contributed by atoms with van der Waals surface area (Å²) >= 11 is 0. The number of nitrogens with one attached hydrogen (secondary N) is 1. The number of ether oxygens (including phenoxy) is 3. The van der Waals surface area contributed by atoms with E-state index in [0.717, 1.165) is 37.6 Å². The molecule has 0 amide bonds. The van der Waals surface area contributed by atoms with Crippen LogP contribution in [0.3, 0.4) is 0 Å². The third-order valence-corrected chi connectivity index (χ3v) is 3.40. The van der Waals surface area contributed by atoms with Crippen molar-refractivity contribution in [2.75, 3.05) is 58.6 Å². The van der Waals surface area contributed by atoms with Crippen molar-refractivity contribution < 1.29 is 14.2 Å². The second-order valence-electron chi connectivity index (χ2n) is 4.79. The average Bonchev–Trinajstić information content (AvgIpc) is 2.72. The first-order chi connectivity index (χ1) is 9.85. The highest BCUT2D eigenvalue weighted by Gasteiger charge is 2.12. The zero-order valence-corrected chi connectivity index (χ0v) is 16.6. The summed E-state index contributed by atoms with van der Waals surface area (Å²) in [7, 11) is 3.45. The normalized spacial score (nSPS) is 13.0. The highest BCUT2D eigenvalue weighted by Crippen LogP contribution is 2.27. The minimum Gasteiger partial charge on any atom is -0.492 e. The van der Waals surface area contributed by atoms with Crippen molar-refractivity contribution in [1.29, 1.82) is 0 Å². The number of methoxy groups -OCH3 is 2. The third-order valence-electron chi connectivity index (χ3n) is 3.40. The van der Waals surface area contributed by atoms with E-state index in [9.17, 15) is 0 Å². The van der Waals surface area contributed by atoms with Crippen LogP contribution in [0, 0.1) is 0 Å². The van der Waals surface area contributed by atoms with E-state index in [0.29, 0.717) is 19.8 Å². The molecule has 5 nitrogen and oxygen atoms in total. The Bertz CT molecular complexity index is 414. The van der Waals surface area contributed by atoms with Crippen LogP contribution in [0.2, 0.25) is 0 Å². The fraction of sp³-hybridized carbons (Fsp3) is 0.600. The van der Waals surface area contributed by atoms with E-state index >= 15 is 0 Å². The lowest BCUT2D eigenvalue weighted by atomic mass is 10.1. The quantitative estimate of drug-likeness (QED) is 0.703. The molecule has 0 saturated heterocycles. The lowest BCUT2D eigenvalue weighted by Crippen LogP contribution is -2.30. The summed E-state index contributed by atoms with van der Waals surface area (Å²) in [5.74, 6) is 0.979. The number of anilines is 1. The highest BCUT2D eigenvalue weighted by molar-refractivity contribution is 8.93. The van der Waals surface area contributed by atoms with E-state index in [2.05, 4.69) is 28.4 Å². The Morgan fingerprint density at radius 1 is 1.14 bits per heavy atom. The van der Waals surface area contributed by atoms with Gasteiger partial charge < -0.3 is 24.4 Å². The van der Waals surface area contributed by atoms with Gasteiger partial charge in [0, 0.05) is 57.7 Å². The molecule has 0 radical (unpaired) electrons. The minimum atomic E-state index is 0. The number of fused-ring (bicyclic) bond motifs is 1. The molecule has 1 heterocycles. The molecule has 1 aliphatic rings. The predicted octanol–water partition coefficient (Wildman–Crippen LogP) is 2.42. The summed E-state index contributed by atoms with van der Waals surface area (Å²) in [6, 6.07) is 6.39. The molecule has 0 aliphatic carbocycles. The number of rotatable bonds is 7. The van der Waals surface area contributed by atoms with Crippen LogP contribution in [0.5, 0.6) is 5.75 Å². The van der Waals surface area contributed by atoms with Gasteiger partial charge in [0.2, 0.25) is 0 Å². The SMILES string of the molecule is Br.Br.COCCN(CCOC)c1ccc2c(c1)OCCNC2. The molecule has 0 fully saturated rings. The first-order valence-corrected chi connectivity index (χ1v) is 7.04. The second-order valence-corrected chi connectivity index (χ2v) is 4.79.